The molecule has 1 aromatic carbocycles. The minimum absolute atomic E-state index is 0.00460. The van der Waals surface area contributed by atoms with Gasteiger partial charge in [0, 0.05) is 19.3 Å². The highest BCUT2D eigenvalue weighted by Crippen LogP contribution is 2.26. The summed E-state index contributed by atoms with van der Waals surface area (Å²) < 4.78 is 25.2. The number of aromatic nitrogens is 1. The Hall–Kier alpha value is -2.42. The fraction of sp³-hybridized carbons (Fsp3) is 0.333. The fourth-order valence-corrected chi connectivity index (χ4v) is 2.90. The van der Waals surface area contributed by atoms with E-state index < -0.39 is 29.6 Å². The van der Waals surface area contributed by atoms with E-state index in [1.807, 2.05) is 0 Å². The fourth-order valence-electron chi connectivity index (χ4n) is 2.78. The van der Waals surface area contributed by atoms with Crippen LogP contribution in [-0.2, 0) is 9.47 Å². The van der Waals surface area contributed by atoms with Gasteiger partial charge in [0.15, 0.2) is 6.10 Å². The molecular weight excluding hydrogens is 379 g/mol. The molecule has 2 aromatic rings. The Balaban J connectivity index is 1.92. The van der Waals surface area contributed by atoms with Gasteiger partial charge < -0.3 is 19.6 Å². The van der Waals surface area contributed by atoms with Gasteiger partial charge in [-0.1, -0.05) is 17.7 Å². The third-order valence-electron chi connectivity index (χ3n) is 4.10. The maximum atomic E-state index is 13.9. The molecule has 144 valence electrons. The number of rotatable bonds is 4. The molecule has 1 aromatic heterocycles. The highest BCUT2D eigenvalue weighted by molar-refractivity contribution is 6.30. The summed E-state index contributed by atoms with van der Waals surface area (Å²) in [5.74, 6) is -1.33. The third-order valence-corrected chi connectivity index (χ3v) is 4.41. The summed E-state index contributed by atoms with van der Waals surface area (Å²) in [5.41, 5.74) is -0.283. The van der Waals surface area contributed by atoms with E-state index in [2.05, 4.69) is 10.1 Å². The van der Waals surface area contributed by atoms with E-state index in [-0.39, 0.29) is 10.6 Å². The lowest BCUT2D eigenvalue weighted by Gasteiger charge is -2.26. The summed E-state index contributed by atoms with van der Waals surface area (Å²) in [4.78, 5) is 30.0. The number of nitrogens with one attached hydrogen (secondary N) is 1. The average Bonchev–Trinajstić information content (AvgIpc) is 2.90. The maximum Gasteiger partial charge on any atom is 0.343 e. The average molecular weight is 397 g/mol. The van der Waals surface area contributed by atoms with Gasteiger partial charge >= 0.3 is 5.97 Å². The lowest BCUT2D eigenvalue weighted by molar-refractivity contribution is -0.0676. The number of hydrogen-bond acceptors (Lipinski definition) is 6. The Morgan fingerprint density at radius 1 is 1.41 bits per heavy atom. The molecule has 1 aliphatic heterocycles. The molecule has 2 atom stereocenters. The van der Waals surface area contributed by atoms with Crippen LogP contribution in [0.3, 0.4) is 0 Å². The summed E-state index contributed by atoms with van der Waals surface area (Å²) in [6, 6.07) is 7.21. The number of pyridine rings is 1. The zero-order chi connectivity index (χ0) is 19.4. The molecule has 1 saturated heterocycles. The molecule has 0 saturated carbocycles. The number of methoxy groups -OCH3 is 1. The van der Waals surface area contributed by atoms with Crippen LogP contribution in [0.15, 0.2) is 41.3 Å². The Labute approximate surface area is 159 Å². The molecule has 0 bridgehead atoms. The van der Waals surface area contributed by atoms with Crippen LogP contribution in [0.5, 0.6) is 0 Å². The zero-order valence-corrected chi connectivity index (χ0v) is 15.2. The van der Waals surface area contributed by atoms with E-state index in [9.17, 15) is 14.0 Å². The number of carbonyl (C=O) groups excluding carboxylic acids is 1. The first-order chi connectivity index (χ1) is 13.0. The molecule has 0 aliphatic carbocycles. The summed E-state index contributed by atoms with van der Waals surface area (Å²) in [6.07, 6.45) is 0.0956. The van der Waals surface area contributed by atoms with Crippen molar-refractivity contribution in [1.82, 2.24) is 10.0 Å². The van der Waals surface area contributed by atoms with E-state index in [1.165, 1.54) is 37.6 Å². The first-order valence-corrected chi connectivity index (χ1v) is 8.63. The monoisotopic (exact) mass is 396 g/mol. The summed E-state index contributed by atoms with van der Waals surface area (Å²) in [6.45, 7) is 1.30. The molecule has 7 nitrogen and oxygen atoms in total. The number of hydrogen-bond donors (Lipinski definition) is 1. The van der Waals surface area contributed by atoms with Crippen LogP contribution in [-0.4, -0.2) is 43.6 Å². The molecule has 2 heterocycles. The summed E-state index contributed by atoms with van der Waals surface area (Å²) in [7, 11) is 1.19. The van der Waals surface area contributed by atoms with Crippen LogP contribution >= 0.6 is 11.6 Å². The second-order valence-corrected chi connectivity index (χ2v) is 6.26. The molecule has 0 spiro atoms. The number of carbonyl (C=O) groups is 1. The molecule has 1 fully saturated rings. The largest absolute Gasteiger partial charge is 0.465 e. The van der Waals surface area contributed by atoms with Gasteiger partial charge in [-0.2, -0.15) is 4.73 Å². The lowest BCUT2D eigenvalue weighted by atomic mass is 10.0. The zero-order valence-electron chi connectivity index (χ0n) is 14.5. The topological polar surface area (TPSA) is 78.8 Å². The molecule has 0 radical (unpaired) electrons. The van der Waals surface area contributed by atoms with Crippen molar-refractivity contribution in [2.24, 2.45) is 0 Å². The molecule has 0 amide bonds. The Bertz CT molecular complexity index is 888. The quantitative estimate of drug-likeness (QED) is 0.791. The van der Waals surface area contributed by atoms with Crippen LogP contribution in [0.4, 0.5) is 4.39 Å². The second kappa shape index (κ2) is 8.51. The van der Waals surface area contributed by atoms with Crippen molar-refractivity contribution in [2.75, 3.05) is 26.8 Å². The minimum Gasteiger partial charge on any atom is -0.465 e. The van der Waals surface area contributed by atoms with Gasteiger partial charge in [-0.15, -0.1) is 0 Å². The van der Waals surface area contributed by atoms with Crippen LogP contribution in [0.25, 0.3) is 0 Å². The molecular formula is C18H18ClFN2O5. The van der Waals surface area contributed by atoms with Gasteiger partial charge in [-0.3, -0.25) is 4.79 Å². The Kier molecular flexibility index (Phi) is 6.10. The van der Waals surface area contributed by atoms with Gasteiger partial charge in [0.05, 0.1) is 18.7 Å². The molecule has 9 heteroatoms. The molecule has 1 aliphatic rings. The van der Waals surface area contributed by atoms with Gasteiger partial charge in [0.1, 0.15) is 17.5 Å². The van der Waals surface area contributed by atoms with Crippen LogP contribution in [0.2, 0.25) is 5.02 Å². The molecule has 0 unspecified atom stereocenters. The number of benzene rings is 1. The molecule has 27 heavy (non-hydrogen) atoms. The van der Waals surface area contributed by atoms with Crippen molar-refractivity contribution in [1.29, 1.82) is 0 Å². The van der Waals surface area contributed by atoms with Crippen LogP contribution in [0.1, 0.15) is 22.0 Å². The molecule has 3 rings (SSSR count). The van der Waals surface area contributed by atoms with Crippen molar-refractivity contribution in [2.45, 2.75) is 12.2 Å². The van der Waals surface area contributed by atoms with Crippen molar-refractivity contribution < 1.29 is 23.5 Å². The normalized spacial score (nSPS) is 20.0. The Morgan fingerprint density at radius 2 is 2.22 bits per heavy atom. The van der Waals surface area contributed by atoms with Crippen molar-refractivity contribution >= 4 is 17.6 Å². The summed E-state index contributed by atoms with van der Waals surface area (Å²) in [5, 5.41) is 3.14. The number of ether oxygens (including phenoxy) is 2. The third kappa shape index (κ3) is 4.29. The highest BCUT2D eigenvalue weighted by Gasteiger charge is 2.30. The van der Waals surface area contributed by atoms with Gasteiger partial charge in [-0.25, -0.2) is 9.18 Å². The highest BCUT2D eigenvalue weighted by atomic mass is 35.5. The van der Waals surface area contributed by atoms with Crippen molar-refractivity contribution in [3.8, 4) is 0 Å². The SMILES string of the molecule is COC(=O)c1cccn(O[C@@H]2CNCCO[C@H]2c2ccc(Cl)c(F)c2)c1=O. The lowest BCUT2D eigenvalue weighted by Crippen LogP contribution is -2.43. The predicted molar refractivity (Wildman–Crippen MR) is 95.4 cm³/mol. The number of halogens is 2. The summed E-state index contributed by atoms with van der Waals surface area (Å²) >= 11 is 5.75. The first-order valence-electron chi connectivity index (χ1n) is 8.25. The van der Waals surface area contributed by atoms with Gasteiger partial charge in [-0.05, 0) is 29.8 Å². The Morgan fingerprint density at radius 3 is 2.96 bits per heavy atom. The minimum atomic E-state index is -0.760. The van der Waals surface area contributed by atoms with E-state index in [0.29, 0.717) is 25.3 Å². The maximum absolute atomic E-state index is 13.9. The second-order valence-electron chi connectivity index (χ2n) is 5.86. The van der Waals surface area contributed by atoms with Crippen molar-refractivity contribution in [3.05, 3.63) is 68.8 Å². The van der Waals surface area contributed by atoms with E-state index >= 15 is 0 Å². The predicted octanol–water partition coefficient (Wildman–Crippen LogP) is 1.59. The van der Waals surface area contributed by atoms with E-state index in [4.69, 9.17) is 21.2 Å². The van der Waals surface area contributed by atoms with Gasteiger partial charge in [0.25, 0.3) is 5.56 Å². The van der Waals surface area contributed by atoms with Gasteiger partial charge in [0.2, 0.25) is 0 Å². The van der Waals surface area contributed by atoms with Crippen molar-refractivity contribution in [3.63, 3.8) is 0 Å². The van der Waals surface area contributed by atoms with E-state index in [1.54, 1.807) is 6.07 Å². The van der Waals surface area contributed by atoms with Crippen LogP contribution in [0, 0.1) is 5.82 Å². The smallest absolute Gasteiger partial charge is 0.343 e. The first kappa shape index (κ1) is 19.3. The number of nitrogens with zero attached hydrogens (tertiary/aromatic N) is 1. The molecule has 1 N–H and O–H groups in total. The number of esters is 1. The standard InChI is InChI=1S/C18H18ClFN2O5/c1-25-18(24)12-3-2-7-22(17(12)23)27-15-10-21-6-8-26-16(15)11-4-5-13(19)14(20)9-11/h2-5,7,9,15-16,21H,6,8,10H2,1H3/t15-,16+/m1/s1. The van der Waals surface area contributed by atoms with Crippen LogP contribution < -0.4 is 15.7 Å². The van der Waals surface area contributed by atoms with E-state index in [0.717, 1.165) is 4.73 Å².